The minimum absolute atomic E-state index is 0.450. The van der Waals surface area contributed by atoms with E-state index in [1.54, 1.807) is 0 Å². The Kier molecular flexibility index (Phi) is 5.05. The first-order valence-electron chi connectivity index (χ1n) is 7.64. The van der Waals surface area contributed by atoms with Gasteiger partial charge in [0, 0.05) is 38.3 Å². The van der Waals surface area contributed by atoms with Gasteiger partial charge in [0.15, 0.2) is 0 Å². The van der Waals surface area contributed by atoms with Gasteiger partial charge in [0.25, 0.3) is 0 Å². The van der Waals surface area contributed by atoms with E-state index in [1.807, 2.05) is 7.11 Å². The average Bonchev–Trinajstić information content (AvgIpc) is 2.79. The van der Waals surface area contributed by atoms with Gasteiger partial charge < -0.3 is 10.1 Å². The standard InChI is InChI=1S/C15H30N2O/c1-13(2)10-14-11-17(8-9-18-3)15(12-16-14)6-4-5-7-15/h13-14,16H,4-12H2,1-3H3. The molecule has 2 fully saturated rings. The van der Waals surface area contributed by atoms with Crippen LogP contribution in [0.5, 0.6) is 0 Å². The van der Waals surface area contributed by atoms with Gasteiger partial charge in [-0.05, 0) is 25.2 Å². The Hall–Kier alpha value is -0.120. The second-order valence-corrected chi connectivity index (χ2v) is 6.58. The lowest BCUT2D eigenvalue weighted by molar-refractivity contribution is 0.0183. The quantitative estimate of drug-likeness (QED) is 0.814. The summed E-state index contributed by atoms with van der Waals surface area (Å²) in [5.41, 5.74) is 0.450. The molecule has 3 heteroatoms. The Bertz CT molecular complexity index is 249. The zero-order chi connectivity index (χ0) is 13.0. The highest BCUT2D eigenvalue weighted by molar-refractivity contribution is 5.01. The van der Waals surface area contributed by atoms with E-state index >= 15 is 0 Å². The third-order valence-corrected chi connectivity index (χ3v) is 4.69. The van der Waals surface area contributed by atoms with Crippen molar-refractivity contribution in [2.45, 2.75) is 57.5 Å². The number of ether oxygens (including phenoxy) is 1. The van der Waals surface area contributed by atoms with Crippen LogP contribution in [0.25, 0.3) is 0 Å². The predicted octanol–water partition coefficient (Wildman–Crippen LogP) is 2.27. The van der Waals surface area contributed by atoms with Gasteiger partial charge in [0.1, 0.15) is 0 Å². The van der Waals surface area contributed by atoms with Gasteiger partial charge in [0.2, 0.25) is 0 Å². The Labute approximate surface area is 112 Å². The summed E-state index contributed by atoms with van der Waals surface area (Å²) in [6.07, 6.45) is 6.84. The van der Waals surface area contributed by atoms with E-state index in [0.29, 0.717) is 11.6 Å². The number of methoxy groups -OCH3 is 1. The summed E-state index contributed by atoms with van der Waals surface area (Å²) in [5, 5.41) is 3.81. The molecule has 18 heavy (non-hydrogen) atoms. The van der Waals surface area contributed by atoms with Crippen molar-refractivity contribution in [1.82, 2.24) is 10.2 Å². The van der Waals surface area contributed by atoms with Gasteiger partial charge in [-0.3, -0.25) is 4.90 Å². The first-order chi connectivity index (χ1) is 8.66. The van der Waals surface area contributed by atoms with E-state index in [9.17, 15) is 0 Å². The number of piperazine rings is 1. The number of nitrogens with zero attached hydrogens (tertiary/aromatic N) is 1. The highest BCUT2D eigenvalue weighted by Gasteiger charge is 2.43. The fraction of sp³-hybridized carbons (Fsp3) is 1.00. The lowest BCUT2D eigenvalue weighted by atomic mass is 9.89. The third-order valence-electron chi connectivity index (χ3n) is 4.69. The highest BCUT2D eigenvalue weighted by Crippen LogP contribution is 2.37. The Morgan fingerprint density at radius 1 is 1.33 bits per heavy atom. The molecule has 2 aliphatic rings. The van der Waals surface area contributed by atoms with E-state index in [1.165, 1.54) is 45.2 Å². The first kappa shape index (κ1) is 14.3. The van der Waals surface area contributed by atoms with E-state index in [4.69, 9.17) is 4.74 Å². The van der Waals surface area contributed by atoms with Crippen molar-refractivity contribution in [3.8, 4) is 0 Å². The molecule has 0 radical (unpaired) electrons. The molecule has 0 aromatic heterocycles. The van der Waals surface area contributed by atoms with Crippen LogP contribution in [0.2, 0.25) is 0 Å². The number of rotatable bonds is 5. The van der Waals surface area contributed by atoms with Crippen LogP contribution in [-0.2, 0) is 4.74 Å². The number of hydrogen-bond donors (Lipinski definition) is 1. The molecular weight excluding hydrogens is 224 g/mol. The predicted molar refractivity (Wildman–Crippen MR) is 75.9 cm³/mol. The van der Waals surface area contributed by atoms with Crippen LogP contribution in [0.15, 0.2) is 0 Å². The molecule has 1 saturated heterocycles. The summed E-state index contributed by atoms with van der Waals surface area (Å²) in [6.45, 7) is 9.01. The maximum absolute atomic E-state index is 5.30. The Morgan fingerprint density at radius 3 is 2.67 bits per heavy atom. The third kappa shape index (κ3) is 3.25. The van der Waals surface area contributed by atoms with Gasteiger partial charge in [-0.15, -0.1) is 0 Å². The summed E-state index contributed by atoms with van der Waals surface area (Å²) in [5.74, 6) is 0.782. The van der Waals surface area contributed by atoms with Gasteiger partial charge in [-0.2, -0.15) is 0 Å². The average molecular weight is 254 g/mol. The molecule has 2 rings (SSSR count). The van der Waals surface area contributed by atoms with Crippen LogP contribution in [-0.4, -0.2) is 49.8 Å². The fourth-order valence-corrected chi connectivity index (χ4v) is 3.75. The first-order valence-corrected chi connectivity index (χ1v) is 7.64. The number of nitrogens with one attached hydrogen (secondary N) is 1. The molecule has 1 heterocycles. The summed E-state index contributed by atoms with van der Waals surface area (Å²) >= 11 is 0. The minimum atomic E-state index is 0.450. The Morgan fingerprint density at radius 2 is 2.06 bits per heavy atom. The van der Waals surface area contributed by atoms with E-state index in [2.05, 4.69) is 24.1 Å². The molecule has 1 spiro atoms. The molecular formula is C15H30N2O. The molecule has 0 bridgehead atoms. The molecule has 0 amide bonds. The van der Waals surface area contributed by atoms with Crippen LogP contribution in [0.4, 0.5) is 0 Å². The maximum Gasteiger partial charge on any atom is 0.0589 e. The molecule has 0 aromatic carbocycles. The summed E-state index contributed by atoms with van der Waals surface area (Å²) in [6, 6.07) is 0.674. The second-order valence-electron chi connectivity index (χ2n) is 6.58. The zero-order valence-electron chi connectivity index (χ0n) is 12.4. The van der Waals surface area contributed by atoms with Crippen LogP contribution in [0.1, 0.15) is 46.0 Å². The zero-order valence-corrected chi connectivity index (χ0v) is 12.4. The van der Waals surface area contributed by atoms with Crippen LogP contribution in [0.3, 0.4) is 0 Å². The molecule has 1 aliphatic heterocycles. The van der Waals surface area contributed by atoms with Gasteiger partial charge in [0.05, 0.1) is 6.61 Å². The van der Waals surface area contributed by atoms with Crippen molar-refractivity contribution >= 4 is 0 Å². The minimum Gasteiger partial charge on any atom is -0.383 e. The van der Waals surface area contributed by atoms with Crippen molar-refractivity contribution < 1.29 is 4.74 Å². The fourth-order valence-electron chi connectivity index (χ4n) is 3.75. The van der Waals surface area contributed by atoms with Crippen molar-refractivity contribution in [2.24, 2.45) is 5.92 Å². The monoisotopic (exact) mass is 254 g/mol. The summed E-state index contributed by atoms with van der Waals surface area (Å²) in [7, 11) is 1.81. The molecule has 1 aliphatic carbocycles. The van der Waals surface area contributed by atoms with Crippen LogP contribution < -0.4 is 5.32 Å². The van der Waals surface area contributed by atoms with E-state index in [0.717, 1.165) is 19.1 Å². The second kappa shape index (κ2) is 6.36. The van der Waals surface area contributed by atoms with E-state index in [-0.39, 0.29) is 0 Å². The maximum atomic E-state index is 5.30. The topological polar surface area (TPSA) is 24.5 Å². The molecule has 1 saturated carbocycles. The smallest absolute Gasteiger partial charge is 0.0589 e. The highest BCUT2D eigenvalue weighted by atomic mass is 16.5. The molecule has 106 valence electrons. The van der Waals surface area contributed by atoms with Crippen LogP contribution in [0, 0.1) is 5.92 Å². The normalized spacial score (nSPS) is 28.3. The Balaban J connectivity index is 1.96. The molecule has 0 aromatic rings. The van der Waals surface area contributed by atoms with E-state index < -0.39 is 0 Å². The van der Waals surface area contributed by atoms with Gasteiger partial charge in [-0.25, -0.2) is 0 Å². The SMILES string of the molecule is COCCN1CC(CC(C)C)NCC12CCCC2. The molecule has 1 N–H and O–H groups in total. The lowest BCUT2D eigenvalue weighted by Gasteiger charge is -2.48. The van der Waals surface area contributed by atoms with Crippen molar-refractivity contribution in [3.05, 3.63) is 0 Å². The summed E-state index contributed by atoms with van der Waals surface area (Å²) in [4.78, 5) is 2.73. The number of hydrogen-bond acceptors (Lipinski definition) is 3. The molecule has 1 atom stereocenters. The van der Waals surface area contributed by atoms with Crippen molar-refractivity contribution in [1.29, 1.82) is 0 Å². The largest absolute Gasteiger partial charge is 0.383 e. The molecule has 3 nitrogen and oxygen atoms in total. The van der Waals surface area contributed by atoms with Gasteiger partial charge >= 0.3 is 0 Å². The van der Waals surface area contributed by atoms with Crippen LogP contribution >= 0.6 is 0 Å². The lowest BCUT2D eigenvalue weighted by Crippen LogP contribution is -2.64. The van der Waals surface area contributed by atoms with Crippen molar-refractivity contribution in [3.63, 3.8) is 0 Å². The van der Waals surface area contributed by atoms with Crippen molar-refractivity contribution in [2.75, 3.05) is 33.4 Å². The summed E-state index contributed by atoms with van der Waals surface area (Å²) < 4.78 is 5.30. The molecule has 1 unspecified atom stereocenters. The van der Waals surface area contributed by atoms with Gasteiger partial charge in [-0.1, -0.05) is 26.7 Å².